The van der Waals surface area contributed by atoms with E-state index in [4.69, 9.17) is 9.47 Å². The smallest absolute Gasteiger partial charge is 0.131 e. The van der Waals surface area contributed by atoms with Gasteiger partial charge in [-0.3, -0.25) is 9.97 Å². The molecule has 2 aliphatic rings. The van der Waals surface area contributed by atoms with Crippen LogP contribution in [0.1, 0.15) is 11.7 Å². The average molecular weight is 364 g/mol. The number of nitrogens with zero attached hydrogens (tertiary/aromatic N) is 5. The van der Waals surface area contributed by atoms with Gasteiger partial charge in [0.2, 0.25) is 0 Å². The minimum Gasteiger partial charge on any atom is -0.371 e. The van der Waals surface area contributed by atoms with E-state index in [9.17, 15) is 0 Å². The number of fused-ring (bicyclic) bond motifs is 1. The van der Waals surface area contributed by atoms with Crippen LogP contribution >= 0.6 is 0 Å². The number of ether oxygens (including phenoxy) is 2. The summed E-state index contributed by atoms with van der Waals surface area (Å²) in [4.78, 5) is 8.67. The van der Waals surface area contributed by atoms with Crippen LogP contribution in [-0.2, 0) is 16.0 Å². The zero-order valence-corrected chi connectivity index (χ0v) is 14.7. The van der Waals surface area contributed by atoms with E-state index in [2.05, 4.69) is 25.6 Å². The highest BCUT2D eigenvalue weighted by atomic mass is 16.6. The van der Waals surface area contributed by atoms with Gasteiger partial charge in [-0.1, -0.05) is 17.3 Å². The summed E-state index contributed by atoms with van der Waals surface area (Å²) in [5.74, 6) is 0. The van der Waals surface area contributed by atoms with E-state index in [1.165, 1.54) is 0 Å². The quantitative estimate of drug-likeness (QED) is 0.729. The van der Waals surface area contributed by atoms with Gasteiger partial charge in [0.25, 0.3) is 0 Å². The molecule has 27 heavy (non-hydrogen) atoms. The summed E-state index contributed by atoms with van der Waals surface area (Å²) in [7, 11) is 0. The van der Waals surface area contributed by atoms with Crippen molar-refractivity contribution in [3.63, 3.8) is 0 Å². The maximum atomic E-state index is 6.05. The Balaban J connectivity index is 1.26. The van der Waals surface area contributed by atoms with Crippen LogP contribution in [0.3, 0.4) is 0 Å². The Hall–Kier alpha value is -2.68. The summed E-state index contributed by atoms with van der Waals surface area (Å²) in [6.07, 6.45) is 5.43. The van der Waals surface area contributed by atoms with Crippen molar-refractivity contribution in [3.05, 3.63) is 60.7 Å². The minimum atomic E-state index is -0.0375. The summed E-state index contributed by atoms with van der Waals surface area (Å²) < 4.78 is 13.9. The lowest BCUT2D eigenvalue weighted by Gasteiger charge is -2.17. The highest BCUT2D eigenvalue weighted by Gasteiger charge is 2.48. The zero-order valence-electron chi connectivity index (χ0n) is 14.7. The van der Waals surface area contributed by atoms with E-state index in [0.29, 0.717) is 19.8 Å². The van der Waals surface area contributed by atoms with Gasteiger partial charge in [-0.2, -0.15) is 0 Å². The predicted octanol–water partition coefficient (Wildman–Crippen LogP) is 1.23. The fourth-order valence-corrected chi connectivity index (χ4v) is 3.69. The summed E-state index contributed by atoms with van der Waals surface area (Å²) >= 11 is 0. The number of hydrogen-bond donors (Lipinski definition) is 1. The molecule has 0 saturated carbocycles. The van der Waals surface area contributed by atoms with E-state index in [0.717, 1.165) is 17.1 Å². The van der Waals surface area contributed by atoms with E-state index >= 15 is 0 Å². The lowest BCUT2D eigenvalue weighted by atomic mass is 10.1. The van der Waals surface area contributed by atoms with Gasteiger partial charge in [-0.05, 0) is 24.3 Å². The molecule has 138 valence electrons. The molecule has 0 bridgehead atoms. The molecule has 3 aromatic rings. The summed E-state index contributed by atoms with van der Waals surface area (Å²) in [5, 5.41) is 12.1. The third kappa shape index (κ3) is 3.23. The van der Waals surface area contributed by atoms with Crippen molar-refractivity contribution in [2.75, 3.05) is 13.2 Å². The van der Waals surface area contributed by atoms with Gasteiger partial charge in [-0.15, -0.1) is 5.10 Å². The first-order valence-electron chi connectivity index (χ1n) is 9.08. The molecule has 5 heterocycles. The molecule has 8 heteroatoms. The Labute approximate surface area is 156 Å². The third-order valence-electron chi connectivity index (χ3n) is 5.08. The van der Waals surface area contributed by atoms with Crippen molar-refractivity contribution in [1.82, 2.24) is 30.3 Å². The molecule has 2 aliphatic heterocycles. The first-order valence-corrected chi connectivity index (χ1v) is 9.08. The normalized spacial score (nSPS) is 27.0. The number of aromatic nitrogens is 5. The number of hydrogen-bond acceptors (Lipinski definition) is 7. The number of pyridine rings is 2. The van der Waals surface area contributed by atoms with E-state index in [1.54, 1.807) is 12.4 Å². The topological polar surface area (TPSA) is 87.0 Å². The maximum Gasteiger partial charge on any atom is 0.131 e. The monoisotopic (exact) mass is 364 g/mol. The van der Waals surface area contributed by atoms with Crippen molar-refractivity contribution >= 4 is 0 Å². The van der Waals surface area contributed by atoms with Gasteiger partial charge in [-0.25, -0.2) is 4.68 Å². The summed E-state index contributed by atoms with van der Waals surface area (Å²) in [6.45, 7) is 1.86. The standard InChI is InChI=1S/C19H20N6O2/c1-3-7-20-13(5-1)9-22-16-11-26-19-17(12-27-18(16)19)25-10-15(23-24-25)14-6-2-4-8-21-14/h1-8,10,16-19,22H,9,11-12H2/t16-,17-,18+,19+/m0/s1. The van der Waals surface area contributed by atoms with Crippen LogP contribution < -0.4 is 5.32 Å². The van der Waals surface area contributed by atoms with Crippen LogP contribution in [0.15, 0.2) is 55.0 Å². The van der Waals surface area contributed by atoms with Crippen molar-refractivity contribution < 1.29 is 9.47 Å². The van der Waals surface area contributed by atoms with Crippen LogP contribution in [-0.4, -0.2) is 56.4 Å². The third-order valence-corrected chi connectivity index (χ3v) is 5.08. The maximum absolute atomic E-state index is 6.05. The van der Waals surface area contributed by atoms with E-state index in [1.807, 2.05) is 47.3 Å². The Morgan fingerprint density at radius 3 is 2.63 bits per heavy atom. The molecule has 0 unspecified atom stereocenters. The molecule has 5 rings (SSSR count). The van der Waals surface area contributed by atoms with Crippen molar-refractivity contribution in [2.45, 2.75) is 30.8 Å². The first kappa shape index (κ1) is 16.5. The second-order valence-electron chi connectivity index (χ2n) is 6.77. The zero-order chi connectivity index (χ0) is 18.1. The van der Waals surface area contributed by atoms with E-state index < -0.39 is 0 Å². The van der Waals surface area contributed by atoms with Crippen LogP contribution in [0.2, 0.25) is 0 Å². The highest BCUT2D eigenvalue weighted by Crippen LogP contribution is 2.34. The first-order chi connectivity index (χ1) is 13.4. The van der Waals surface area contributed by atoms with Crippen LogP contribution in [0.25, 0.3) is 11.4 Å². The molecular weight excluding hydrogens is 344 g/mol. The largest absolute Gasteiger partial charge is 0.371 e. The van der Waals surface area contributed by atoms with Gasteiger partial charge in [0, 0.05) is 18.9 Å². The van der Waals surface area contributed by atoms with Gasteiger partial charge in [0.15, 0.2) is 0 Å². The molecule has 0 radical (unpaired) electrons. The fourth-order valence-electron chi connectivity index (χ4n) is 3.69. The number of nitrogens with one attached hydrogen (secondary N) is 1. The molecule has 3 aromatic heterocycles. The van der Waals surface area contributed by atoms with Crippen molar-refractivity contribution in [1.29, 1.82) is 0 Å². The molecule has 2 saturated heterocycles. The Morgan fingerprint density at radius 2 is 1.81 bits per heavy atom. The Bertz CT molecular complexity index is 887. The molecule has 2 fully saturated rings. The minimum absolute atomic E-state index is 0.00112. The highest BCUT2D eigenvalue weighted by molar-refractivity contribution is 5.51. The molecule has 0 aromatic carbocycles. The second-order valence-corrected chi connectivity index (χ2v) is 6.77. The molecule has 0 amide bonds. The SMILES string of the molecule is c1ccc(CN[C@H]2CO[C@H]3[C@@H]2OC[C@@H]3n2cc(-c3ccccn3)nn2)nc1. The molecule has 1 N–H and O–H groups in total. The molecule has 8 nitrogen and oxygen atoms in total. The number of rotatable bonds is 5. The van der Waals surface area contributed by atoms with Crippen LogP contribution in [0.5, 0.6) is 0 Å². The predicted molar refractivity (Wildman–Crippen MR) is 96.6 cm³/mol. The van der Waals surface area contributed by atoms with Gasteiger partial charge in [0.05, 0.1) is 36.8 Å². The molecule has 0 spiro atoms. The van der Waals surface area contributed by atoms with Gasteiger partial charge < -0.3 is 14.8 Å². The second kappa shape index (κ2) is 7.15. The molecule has 0 aliphatic carbocycles. The lowest BCUT2D eigenvalue weighted by molar-refractivity contribution is 0.0619. The van der Waals surface area contributed by atoms with Crippen LogP contribution in [0.4, 0.5) is 0 Å². The van der Waals surface area contributed by atoms with Gasteiger partial charge in [0.1, 0.15) is 23.9 Å². The van der Waals surface area contributed by atoms with E-state index in [-0.39, 0.29) is 24.3 Å². The van der Waals surface area contributed by atoms with Gasteiger partial charge >= 0.3 is 0 Å². The van der Waals surface area contributed by atoms with Crippen molar-refractivity contribution in [2.24, 2.45) is 0 Å². The average Bonchev–Trinajstić information content (AvgIpc) is 3.44. The molecule has 4 atom stereocenters. The molecular formula is C19H20N6O2. The summed E-state index contributed by atoms with van der Waals surface area (Å²) in [6, 6.07) is 11.8. The fraction of sp³-hybridized carbons (Fsp3) is 0.368. The van der Waals surface area contributed by atoms with Crippen LogP contribution in [0, 0.1) is 0 Å². The van der Waals surface area contributed by atoms with Crippen molar-refractivity contribution in [3.8, 4) is 11.4 Å². The Kier molecular flexibility index (Phi) is 4.36. The lowest BCUT2D eigenvalue weighted by Crippen LogP contribution is -2.40. The Morgan fingerprint density at radius 1 is 0.963 bits per heavy atom. The summed E-state index contributed by atoms with van der Waals surface area (Å²) in [5.41, 5.74) is 2.56.